The van der Waals surface area contributed by atoms with Crippen LogP contribution in [0.3, 0.4) is 0 Å². The van der Waals surface area contributed by atoms with E-state index in [4.69, 9.17) is 4.74 Å². The van der Waals surface area contributed by atoms with Crippen LogP contribution in [-0.2, 0) is 23.1 Å². The molecule has 2 N–H and O–H groups in total. The van der Waals surface area contributed by atoms with E-state index in [1.54, 1.807) is 18.2 Å². The van der Waals surface area contributed by atoms with Crippen LogP contribution < -0.4 is 15.4 Å². The van der Waals surface area contributed by atoms with Gasteiger partial charge in [-0.1, -0.05) is 36.4 Å². The molecule has 0 aliphatic carbocycles. The van der Waals surface area contributed by atoms with Gasteiger partial charge in [-0.05, 0) is 45.4 Å². The Balaban J connectivity index is 2.20. The van der Waals surface area contributed by atoms with Crippen molar-refractivity contribution in [3.63, 3.8) is 0 Å². The van der Waals surface area contributed by atoms with Crippen molar-refractivity contribution in [2.45, 2.75) is 51.3 Å². The van der Waals surface area contributed by atoms with Gasteiger partial charge in [0.25, 0.3) is 0 Å². The van der Waals surface area contributed by atoms with Crippen molar-refractivity contribution in [1.29, 1.82) is 0 Å². The van der Waals surface area contributed by atoms with E-state index in [1.807, 2.05) is 58.0 Å². The number of para-hydroxylation sites is 1. The van der Waals surface area contributed by atoms with Crippen LogP contribution in [0.15, 0.2) is 58.4 Å². The van der Waals surface area contributed by atoms with Crippen LogP contribution in [0.2, 0.25) is 0 Å². The largest absolute Gasteiger partial charge is 0.488 e. The maximum Gasteiger partial charge on any atom is 0.242 e. The Hall–Kier alpha value is -2.58. The second-order valence-corrected chi connectivity index (χ2v) is 10.4. The SMILES string of the molecule is CCNC(=NCc1ccccc1OC(C)(C)C)NCc1ccccc1S(=O)(=O)N(C)C. The molecule has 0 heterocycles. The minimum Gasteiger partial charge on any atom is -0.488 e. The number of rotatable bonds is 8. The fraction of sp³-hybridized carbons (Fsp3) is 0.435. The summed E-state index contributed by atoms with van der Waals surface area (Å²) in [6, 6.07) is 14.8. The maximum absolute atomic E-state index is 12.6. The molecule has 0 radical (unpaired) electrons. The van der Waals surface area contributed by atoms with E-state index in [0.29, 0.717) is 31.2 Å². The summed E-state index contributed by atoms with van der Waals surface area (Å²) < 4.78 is 32.5. The number of nitrogens with zero attached hydrogens (tertiary/aromatic N) is 2. The third kappa shape index (κ3) is 7.25. The monoisotopic (exact) mass is 446 g/mol. The number of ether oxygens (including phenoxy) is 1. The number of sulfonamides is 1. The lowest BCUT2D eigenvalue weighted by Crippen LogP contribution is -2.37. The first-order valence-corrected chi connectivity index (χ1v) is 11.8. The first kappa shape index (κ1) is 24.7. The lowest BCUT2D eigenvalue weighted by molar-refractivity contribution is 0.129. The van der Waals surface area contributed by atoms with Gasteiger partial charge in [0.05, 0.1) is 11.4 Å². The van der Waals surface area contributed by atoms with Crippen LogP contribution in [0.4, 0.5) is 0 Å². The quantitative estimate of drug-likeness (QED) is 0.480. The molecular weight excluding hydrogens is 412 g/mol. The van der Waals surface area contributed by atoms with Crippen LogP contribution in [0.25, 0.3) is 0 Å². The van der Waals surface area contributed by atoms with E-state index >= 15 is 0 Å². The van der Waals surface area contributed by atoms with Crippen LogP contribution >= 0.6 is 0 Å². The number of benzene rings is 2. The molecular formula is C23H34N4O3S. The molecule has 0 atom stereocenters. The van der Waals surface area contributed by atoms with Crippen molar-refractivity contribution in [1.82, 2.24) is 14.9 Å². The molecule has 2 rings (SSSR count). The first-order valence-electron chi connectivity index (χ1n) is 10.3. The molecule has 31 heavy (non-hydrogen) atoms. The first-order chi connectivity index (χ1) is 14.5. The van der Waals surface area contributed by atoms with Gasteiger partial charge >= 0.3 is 0 Å². The minimum absolute atomic E-state index is 0.285. The molecule has 0 fully saturated rings. The summed E-state index contributed by atoms with van der Waals surface area (Å²) in [6.45, 7) is 9.46. The molecule has 0 saturated heterocycles. The highest BCUT2D eigenvalue weighted by molar-refractivity contribution is 7.89. The zero-order valence-electron chi connectivity index (χ0n) is 19.3. The number of nitrogens with one attached hydrogen (secondary N) is 2. The minimum atomic E-state index is -3.53. The summed E-state index contributed by atoms with van der Waals surface area (Å²) in [5.74, 6) is 1.40. The number of aliphatic imine (C=N–C) groups is 1. The Morgan fingerprint density at radius 2 is 1.61 bits per heavy atom. The predicted octanol–water partition coefficient (Wildman–Crippen LogP) is 3.37. The summed E-state index contributed by atoms with van der Waals surface area (Å²) in [5.41, 5.74) is 1.35. The van der Waals surface area contributed by atoms with Crippen molar-refractivity contribution >= 4 is 16.0 Å². The van der Waals surface area contributed by atoms with Crippen molar-refractivity contribution in [3.05, 3.63) is 59.7 Å². The van der Waals surface area contributed by atoms with Gasteiger partial charge in [0.1, 0.15) is 11.4 Å². The smallest absolute Gasteiger partial charge is 0.242 e. The molecule has 0 bridgehead atoms. The van der Waals surface area contributed by atoms with E-state index in [1.165, 1.54) is 18.4 Å². The van der Waals surface area contributed by atoms with Gasteiger partial charge < -0.3 is 15.4 Å². The van der Waals surface area contributed by atoms with Crippen LogP contribution in [0, 0.1) is 0 Å². The fourth-order valence-electron chi connectivity index (χ4n) is 2.85. The lowest BCUT2D eigenvalue weighted by atomic mass is 10.1. The molecule has 0 unspecified atom stereocenters. The molecule has 0 spiro atoms. The van der Waals surface area contributed by atoms with Crippen LogP contribution in [0.1, 0.15) is 38.8 Å². The fourth-order valence-corrected chi connectivity index (χ4v) is 3.96. The molecule has 170 valence electrons. The Kier molecular flexibility index (Phi) is 8.47. The van der Waals surface area contributed by atoms with Gasteiger partial charge in [-0.3, -0.25) is 0 Å². The van der Waals surface area contributed by atoms with Crippen molar-refractivity contribution < 1.29 is 13.2 Å². The van der Waals surface area contributed by atoms with Crippen molar-refractivity contribution in [2.75, 3.05) is 20.6 Å². The molecule has 2 aromatic carbocycles. The molecule has 0 aromatic heterocycles. The predicted molar refractivity (Wildman–Crippen MR) is 126 cm³/mol. The highest BCUT2D eigenvalue weighted by Gasteiger charge is 2.20. The van der Waals surface area contributed by atoms with Gasteiger partial charge in [-0.2, -0.15) is 0 Å². The van der Waals surface area contributed by atoms with Gasteiger partial charge in [0, 0.05) is 32.7 Å². The molecule has 8 heteroatoms. The third-order valence-electron chi connectivity index (χ3n) is 4.32. The highest BCUT2D eigenvalue weighted by atomic mass is 32.2. The topological polar surface area (TPSA) is 83.0 Å². The standard InChI is InChI=1S/C23H34N4O3S/c1-7-24-22(25-16-18-12-8-10-14-20(18)30-23(2,3)4)26-17-19-13-9-11-15-21(19)31(28,29)27(5)6/h8-15H,7,16-17H2,1-6H3,(H2,24,25,26). The Bertz CT molecular complexity index is 996. The molecule has 0 aliphatic heterocycles. The molecule has 7 nitrogen and oxygen atoms in total. The summed E-state index contributed by atoms with van der Waals surface area (Å²) in [7, 11) is -0.470. The normalized spacial score (nSPS) is 12.7. The van der Waals surface area contributed by atoms with Gasteiger partial charge in [-0.15, -0.1) is 0 Å². The third-order valence-corrected chi connectivity index (χ3v) is 6.23. The number of hydrogen-bond acceptors (Lipinski definition) is 4. The Morgan fingerprint density at radius 1 is 1.00 bits per heavy atom. The average Bonchev–Trinajstić information content (AvgIpc) is 2.70. The van der Waals surface area contributed by atoms with E-state index < -0.39 is 10.0 Å². The zero-order valence-corrected chi connectivity index (χ0v) is 20.1. The summed E-state index contributed by atoms with van der Waals surface area (Å²) in [6.07, 6.45) is 0. The van der Waals surface area contributed by atoms with E-state index in [9.17, 15) is 8.42 Å². The van der Waals surface area contributed by atoms with Gasteiger partial charge in [0.2, 0.25) is 10.0 Å². The van der Waals surface area contributed by atoms with Crippen LogP contribution in [0.5, 0.6) is 5.75 Å². The van der Waals surface area contributed by atoms with Gasteiger partial charge in [-0.25, -0.2) is 17.7 Å². The average molecular weight is 447 g/mol. The van der Waals surface area contributed by atoms with E-state index in [-0.39, 0.29) is 10.5 Å². The van der Waals surface area contributed by atoms with Crippen molar-refractivity contribution in [2.24, 2.45) is 4.99 Å². The summed E-state index contributed by atoms with van der Waals surface area (Å²) >= 11 is 0. The second-order valence-electron chi connectivity index (χ2n) is 8.27. The van der Waals surface area contributed by atoms with E-state index in [2.05, 4.69) is 15.6 Å². The zero-order chi connectivity index (χ0) is 23.1. The van der Waals surface area contributed by atoms with E-state index in [0.717, 1.165) is 11.3 Å². The van der Waals surface area contributed by atoms with Crippen molar-refractivity contribution in [3.8, 4) is 5.75 Å². The maximum atomic E-state index is 12.6. The van der Waals surface area contributed by atoms with Gasteiger partial charge in [0.15, 0.2) is 5.96 Å². The lowest BCUT2D eigenvalue weighted by Gasteiger charge is -2.23. The van der Waals surface area contributed by atoms with Crippen LogP contribution in [-0.4, -0.2) is 44.9 Å². The molecule has 0 amide bonds. The molecule has 0 saturated carbocycles. The molecule has 0 aliphatic rings. The summed E-state index contributed by atoms with van der Waals surface area (Å²) in [5, 5.41) is 6.45. The Morgan fingerprint density at radius 3 is 2.23 bits per heavy atom. The Labute approximate surface area is 186 Å². The highest BCUT2D eigenvalue weighted by Crippen LogP contribution is 2.23. The summed E-state index contributed by atoms with van der Waals surface area (Å²) in [4.78, 5) is 4.96. The number of hydrogen-bond donors (Lipinski definition) is 2. The molecule has 2 aromatic rings. The second kappa shape index (κ2) is 10.6. The number of guanidine groups is 1.